The highest BCUT2D eigenvalue weighted by Crippen LogP contribution is 2.11. The smallest absolute Gasteiger partial charge is 0.211 e. The van der Waals surface area contributed by atoms with Crippen LogP contribution in [-0.4, -0.2) is 5.90 Å². The van der Waals surface area contributed by atoms with Crippen molar-refractivity contribution in [1.82, 2.24) is 0 Å². The summed E-state index contributed by atoms with van der Waals surface area (Å²) >= 11 is 0. The zero-order chi connectivity index (χ0) is 8.97. The molecule has 0 atom stereocenters. The molecule has 0 aliphatic carbocycles. The van der Waals surface area contributed by atoms with Crippen LogP contribution in [0.3, 0.4) is 0 Å². The van der Waals surface area contributed by atoms with Crippen LogP contribution in [0, 0.1) is 12.3 Å². The van der Waals surface area contributed by atoms with E-state index in [1.54, 1.807) is 0 Å². The number of aryl methyl sites for hydroxylation is 1. The molecule has 1 rings (SSSR count). The van der Waals surface area contributed by atoms with E-state index in [4.69, 9.17) is 10.1 Å². The van der Waals surface area contributed by atoms with E-state index in [0.29, 0.717) is 5.75 Å². The van der Waals surface area contributed by atoms with Crippen LogP contribution < -0.4 is 4.74 Å². The lowest BCUT2D eigenvalue weighted by molar-refractivity contribution is 0.550. The van der Waals surface area contributed by atoms with Crippen LogP contribution in [0.15, 0.2) is 36.9 Å². The summed E-state index contributed by atoms with van der Waals surface area (Å²) in [7, 11) is 0. The zero-order valence-corrected chi connectivity index (χ0v) is 7.00. The molecule has 1 aromatic rings. The van der Waals surface area contributed by atoms with Crippen LogP contribution in [0.25, 0.3) is 0 Å². The molecule has 0 aliphatic heterocycles. The minimum absolute atomic E-state index is 0.0684. The molecule has 0 radical (unpaired) electrons. The minimum Gasteiger partial charge on any atom is -0.440 e. The topological polar surface area (TPSA) is 33.1 Å². The van der Waals surface area contributed by atoms with Crippen molar-refractivity contribution in [2.75, 3.05) is 0 Å². The predicted molar refractivity (Wildman–Crippen MR) is 49.7 cm³/mol. The van der Waals surface area contributed by atoms with Gasteiger partial charge in [0.2, 0.25) is 5.90 Å². The van der Waals surface area contributed by atoms with Crippen molar-refractivity contribution in [3.8, 4) is 5.75 Å². The molecule has 0 bridgehead atoms. The summed E-state index contributed by atoms with van der Waals surface area (Å²) in [6.45, 7) is 5.43. The monoisotopic (exact) mass is 161 g/mol. The molecular formula is C10H11NO. The Morgan fingerprint density at radius 1 is 1.42 bits per heavy atom. The fourth-order valence-corrected chi connectivity index (χ4v) is 0.775. The van der Waals surface area contributed by atoms with Gasteiger partial charge >= 0.3 is 0 Å². The third kappa shape index (κ3) is 2.23. The molecule has 0 saturated carbocycles. The average Bonchev–Trinajstić information content (AvgIpc) is 2.09. The molecule has 2 nitrogen and oxygen atoms in total. The molecule has 0 amide bonds. The largest absolute Gasteiger partial charge is 0.440 e. The summed E-state index contributed by atoms with van der Waals surface area (Å²) in [6.07, 6.45) is 1.36. The van der Waals surface area contributed by atoms with Crippen LogP contribution >= 0.6 is 0 Å². The number of nitrogens with one attached hydrogen (secondary N) is 1. The van der Waals surface area contributed by atoms with E-state index in [-0.39, 0.29) is 5.90 Å². The first-order valence-corrected chi connectivity index (χ1v) is 3.68. The Morgan fingerprint density at radius 2 is 2.00 bits per heavy atom. The molecule has 0 fully saturated rings. The summed E-state index contributed by atoms with van der Waals surface area (Å²) < 4.78 is 5.08. The summed E-state index contributed by atoms with van der Waals surface area (Å²) in [6, 6.07) is 7.53. The van der Waals surface area contributed by atoms with Gasteiger partial charge < -0.3 is 4.74 Å². The van der Waals surface area contributed by atoms with Gasteiger partial charge in [0.15, 0.2) is 0 Å². The van der Waals surface area contributed by atoms with Gasteiger partial charge in [0.1, 0.15) is 5.75 Å². The number of rotatable bonds is 2. The Bertz CT molecular complexity index is 287. The average molecular weight is 161 g/mol. The predicted octanol–water partition coefficient (Wildman–Crippen LogP) is 2.54. The molecule has 0 saturated heterocycles. The van der Waals surface area contributed by atoms with E-state index in [1.807, 2.05) is 31.2 Å². The van der Waals surface area contributed by atoms with E-state index in [1.165, 1.54) is 11.6 Å². The van der Waals surface area contributed by atoms with Crippen molar-refractivity contribution in [2.45, 2.75) is 6.92 Å². The third-order valence-corrected chi connectivity index (χ3v) is 1.43. The van der Waals surface area contributed by atoms with Gasteiger partial charge in [-0.15, -0.1) is 0 Å². The van der Waals surface area contributed by atoms with Crippen molar-refractivity contribution in [3.05, 3.63) is 42.5 Å². The van der Waals surface area contributed by atoms with Gasteiger partial charge in [-0.05, 0) is 25.1 Å². The maximum Gasteiger partial charge on any atom is 0.211 e. The van der Waals surface area contributed by atoms with E-state index in [0.717, 1.165) is 0 Å². The molecule has 0 aromatic heterocycles. The Balaban J connectivity index is 2.71. The van der Waals surface area contributed by atoms with Crippen molar-refractivity contribution in [1.29, 1.82) is 5.41 Å². The Labute approximate surface area is 72.0 Å². The second-order valence-electron chi connectivity index (χ2n) is 2.48. The Kier molecular flexibility index (Phi) is 2.64. The van der Waals surface area contributed by atoms with Gasteiger partial charge in [0.25, 0.3) is 0 Å². The van der Waals surface area contributed by atoms with Gasteiger partial charge in [-0.1, -0.05) is 24.3 Å². The maximum absolute atomic E-state index is 7.19. The second-order valence-corrected chi connectivity index (χ2v) is 2.48. The number of benzene rings is 1. The first-order chi connectivity index (χ1) is 5.72. The number of hydrogen-bond donors (Lipinski definition) is 1. The lowest BCUT2D eigenvalue weighted by Crippen LogP contribution is -2.01. The van der Waals surface area contributed by atoms with Crippen molar-refractivity contribution >= 4 is 5.90 Å². The standard InChI is InChI=1S/C10H11NO/c1-3-10(11)12-9-6-4-8(2)5-7-9/h3-7,11H,1H2,2H3. The van der Waals surface area contributed by atoms with Crippen molar-refractivity contribution in [3.63, 3.8) is 0 Å². The molecular weight excluding hydrogens is 150 g/mol. The highest BCUT2D eigenvalue weighted by atomic mass is 16.5. The Morgan fingerprint density at radius 3 is 2.50 bits per heavy atom. The normalized spacial score (nSPS) is 9.08. The van der Waals surface area contributed by atoms with E-state index in [2.05, 4.69) is 6.58 Å². The van der Waals surface area contributed by atoms with Crippen LogP contribution in [0.1, 0.15) is 5.56 Å². The van der Waals surface area contributed by atoms with Crippen molar-refractivity contribution in [2.24, 2.45) is 0 Å². The van der Waals surface area contributed by atoms with Gasteiger partial charge in [-0.3, -0.25) is 5.41 Å². The highest BCUT2D eigenvalue weighted by Gasteiger charge is 1.94. The number of ether oxygens (including phenoxy) is 1. The zero-order valence-electron chi connectivity index (χ0n) is 7.00. The molecule has 12 heavy (non-hydrogen) atoms. The first-order valence-electron chi connectivity index (χ1n) is 3.68. The van der Waals surface area contributed by atoms with Gasteiger partial charge in [-0.2, -0.15) is 0 Å². The summed E-state index contributed by atoms with van der Waals surface area (Å²) in [5, 5.41) is 7.19. The molecule has 62 valence electrons. The van der Waals surface area contributed by atoms with E-state index >= 15 is 0 Å². The van der Waals surface area contributed by atoms with Crippen molar-refractivity contribution < 1.29 is 4.74 Å². The van der Waals surface area contributed by atoms with Crippen LogP contribution in [0.4, 0.5) is 0 Å². The fraction of sp³-hybridized carbons (Fsp3) is 0.100. The second kappa shape index (κ2) is 3.72. The fourth-order valence-electron chi connectivity index (χ4n) is 0.775. The van der Waals surface area contributed by atoms with Gasteiger partial charge in [0, 0.05) is 0 Å². The minimum atomic E-state index is 0.0684. The summed E-state index contributed by atoms with van der Waals surface area (Å²) in [4.78, 5) is 0. The quantitative estimate of drug-likeness (QED) is 0.524. The SMILES string of the molecule is C=CC(=N)Oc1ccc(C)cc1. The maximum atomic E-state index is 7.19. The van der Waals surface area contributed by atoms with Crippen LogP contribution in [0.5, 0.6) is 5.75 Å². The van der Waals surface area contributed by atoms with Crippen LogP contribution in [0.2, 0.25) is 0 Å². The van der Waals surface area contributed by atoms with Gasteiger partial charge in [0.05, 0.1) is 0 Å². The Hall–Kier alpha value is -1.57. The van der Waals surface area contributed by atoms with E-state index in [9.17, 15) is 0 Å². The highest BCUT2D eigenvalue weighted by molar-refractivity contribution is 5.85. The molecule has 1 N–H and O–H groups in total. The third-order valence-electron chi connectivity index (χ3n) is 1.43. The molecule has 0 unspecified atom stereocenters. The number of hydrogen-bond acceptors (Lipinski definition) is 2. The molecule has 0 aliphatic rings. The molecule has 0 heterocycles. The molecule has 1 aromatic carbocycles. The summed E-state index contributed by atoms with van der Waals surface area (Å²) in [5.74, 6) is 0.740. The van der Waals surface area contributed by atoms with E-state index < -0.39 is 0 Å². The first kappa shape index (κ1) is 8.53. The molecule has 2 heteroatoms. The molecule has 0 spiro atoms. The lowest BCUT2D eigenvalue weighted by atomic mass is 10.2. The van der Waals surface area contributed by atoms with Gasteiger partial charge in [-0.25, -0.2) is 0 Å². The lowest BCUT2D eigenvalue weighted by Gasteiger charge is -2.02. The summed E-state index contributed by atoms with van der Waals surface area (Å²) in [5.41, 5.74) is 1.17. The van der Waals surface area contributed by atoms with Crippen LogP contribution in [-0.2, 0) is 0 Å².